The van der Waals surface area contributed by atoms with Crippen LogP contribution in [0.5, 0.6) is 0 Å². The van der Waals surface area contributed by atoms with Crippen molar-refractivity contribution in [2.24, 2.45) is 0 Å². The van der Waals surface area contributed by atoms with Crippen LogP contribution in [0.15, 0.2) is 72.8 Å². The maximum Gasteiger partial charge on any atom is 0.251 e. The van der Waals surface area contributed by atoms with Crippen molar-refractivity contribution >= 4 is 40.5 Å². The molecular formula is C27H29ClN4O3. The molecule has 1 saturated heterocycles. The Morgan fingerprint density at radius 2 is 1.57 bits per heavy atom. The molecule has 0 saturated carbocycles. The summed E-state index contributed by atoms with van der Waals surface area (Å²) in [6.07, 6.45) is 0. The molecule has 8 heteroatoms. The number of nitrogens with one attached hydrogen (secondary N) is 3. The first-order chi connectivity index (χ1) is 17.0. The number of aryl methyl sites for hydroxylation is 1. The Kier molecular flexibility index (Phi) is 8.36. The molecule has 3 aromatic carbocycles. The fraction of sp³-hybridized carbons (Fsp3) is 0.259. The minimum absolute atomic E-state index is 0.0640. The van der Waals surface area contributed by atoms with E-state index < -0.39 is 6.04 Å². The summed E-state index contributed by atoms with van der Waals surface area (Å²) in [5, 5.41) is 9.78. The number of anilines is 3. The van der Waals surface area contributed by atoms with Gasteiger partial charge in [-0.1, -0.05) is 48.0 Å². The fourth-order valence-electron chi connectivity index (χ4n) is 3.81. The van der Waals surface area contributed by atoms with Crippen molar-refractivity contribution in [3.63, 3.8) is 0 Å². The fourth-order valence-corrected chi connectivity index (χ4v) is 3.99. The number of hydrogen-bond acceptors (Lipinski definition) is 5. The number of amides is 2. The molecule has 0 aliphatic carbocycles. The summed E-state index contributed by atoms with van der Waals surface area (Å²) in [4.78, 5) is 27.7. The van der Waals surface area contributed by atoms with Crippen molar-refractivity contribution < 1.29 is 14.3 Å². The van der Waals surface area contributed by atoms with Gasteiger partial charge in [-0.25, -0.2) is 0 Å². The van der Waals surface area contributed by atoms with E-state index in [9.17, 15) is 9.59 Å². The SMILES string of the molecule is Cc1ccc(NC(=O)C(Nc2ccc(NC(=O)CN3CCOCC3)cc2)c2ccccc2)cc1Cl. The molecule has 0 spiro atoms. The van der Waals surface area contributed by atoms with E-state index in [1.165, 1.54) is 0 Å². The van der Waals surface area contributed by atoms with Gasteiger partial charge in [0.1, 0.15) is 6.04 Å². The van der Waals surface area contributed by atoms with E-state index in [2.05, 4.69) is 20.9 Å². The average molecular weight is 493 g/mol. The number of carbonyl (C=O) groups is 2. The molecule has 1 atom stereocenters. The van der Waals surface area contributed by atoms with Gasteiger partial charge in [-0.05, 0) is 54.4 Å². The third-order valence-corrected chi connectivity index (χ3v) is 6.19. The molecule has 3 N–H and O–H groups in total. The van der Waals surface area contributed by atoms with Crippen LogP contribution < -0.4 is 16.0 Å². The Balaban J connectivity index is 1.42. The van der Waals surface area contributed by atoms with Crippen LogP contribution in [0, 0.1) is 6.92 Å². The van der Waals surface area contributed by atoms with Crippen molar-refractivity contribution in [2.45, 2.75) is 13.0 Å². The number of carbonyl (C=O) groups excluding carboxylic acids is 2. The Morgan fingerprint density at radius 1 is 0.914 bits per heavy atom. The molecule has 1 heterocycles. The van der Waals surface area contributed by atoms with Crippen LogP contribution >= 0.6 is 11.6 Å². The molecule has 7 nitrogen and oxygen atoms in total. The standard InChI is InChI=1S/C27H29ClN4O3/c1-19-7-8-23(17-24(19)28)31-27(34)26(20-5-3-2-4-6-20)30-22-11-9-21(10-12-22)29-25(33)18-32-13-15-35-16-14-32/h2-12,17,26,30H,13-16,18H2,1H3,(H,29,33)(H,31,34). The molecule has 2 amide bonds. The largest absolute Gasteiger partial charge is 0.379 e. The van der Waals surface area contributed by atoms with Gasteiger partial charge >= 0.3 is 0 Å². The Bertz CT molecular complexity index is 1150. The smallest absolute Gasteiger partial charge is 0.251 e. The maximum absolute atomic E-state index is 13.2. The minimum Gasteiger partial charge on any atom is -0.379 e. The van der Waals surface area contributed by atoms with Crippen LogP contribution in [-0.4, -0.2) is 49.6 Å². The number of nitrogens with zero attached hydrogens (tertiary/aromatic N) is 1. The van der Waals surface area contributed by atoms with Gasteiger partial charge in [-0.3, -0.25) is 14.5 Å². The second-order valence-electron chi connectivity index (χ2n) is 8.46. The van der Waals surface area contributed by atoms with Gasteiger partial charge < -0.3 is 20.7 Å². The normalized spacial score (nSPS) is 14.7. The summed E-state index contributed by atoms with van der Waals surface area (Å²) in [7, 11) is 0. The lowest BCUT2D eigenvalue weighted by Gasteiger charge is -2.25. The van der Waals surface area contributed by atoms with Crippen molar-refractivity contribution in [3.8, 4) is 0 Å². The highest BCUT2D eigenvalue weighted by Crippen LogP contribution is 2.25. The van der Waals surface area contributed by atoms with Crippen LogP contribution in [0.3, 0.4) is 0 Å². The number of morpholine rings is 1. The van der Waals surface area contributed by atoms with Crippen LogP contribution in [0.2, 0.25) is 5.02 Å². The summed E-state index contributed by atoms with van der Waals surface area (Å²) in [6, 6.07) is 21.6. The molecule has 0 bridgehead atoms. The minimum atomic E-state index is -0.627. The topological polar surface area (TPSA) is 82.7 Å². The molecule has 0 radical (unpaired) electrons. The van der Waals surface area contributed by atoms with Crippen molar-refractivity contribution in [2.75, 3.05) is 48.8 Å². The highest BCUT2D eigenvalue weighted by molar-refractivity contribution is 6.31. The Hall–Kier alpha value is -3.39. The second-order valence-corrected chi connectivity index (χ2v) is 8.86. The number of benzene rings is 3. The molecule has 1 unspecified atom stereocenters. The monoisotopic (exact) mass is 492 g/mol. The predicted octanol–water partition coefficient (Wildman–Crippen LogP) is 4.71. The molecule has 1 aliphatic rings. The van der Waals surface area contributed by atoms with E-state index in [1.807, 2.05) is 73.7 Å². The summed E-state index contributed by atoms with van der Waals surface area (Å²) in [5.41, 5.74) is 3.85. The van der Waals surface area contributed by atoms with Crippen LogP contribution in [-0.2, 0) is 14.3 Å². The van der Waals surface area contributed by atoms with E-state index >= 15 is 0 Å². The first kappa shape index (κ1) is 24.7. The molecule has 0 aromatic heterocycles. The third kappa shape index (κ3) is 7.05. The molecule has 3 aromatic rings. The predicted molar refractivity (Wildman–Crippen MR) is 140 cm³/mol. The van der Waals surface area contributed by atoms with Crippen LogP contribution in [0.25, 0.3) is 0 Å². The van der Waals surface area contributed by atoms with Crippen molar-refractivity contribution in [1.82, 2.24) is 4.90 Å². The zero-order chi connectivity index (χ0) is 24.6. The van der Waals surface area contributed by atoms with Gasteiger partial charge in [-0.2, -0.15) is 0 Å². The third-order valence-electron chi connectivity index (χ3n) is 5.79. The van der Waals surface area contributed by atoms with Gasteiger partial charge in [-0.15, -0.1) is 0 Å². The van der Waals surface area contributed by atoms with Crippen LogP contribution in [0.1, 0.15) is 17.2 Å². The van der Waals surface area contributed by atoms with Gasteiger partial charge in [0.25, 0.3) is 5.91 Å². The maximum atomic E-state index is 13.2. The van der Waals surface area contributed by atoms with E-state index in [0.29, 0.717) is 36.2 Å². The lowest BCUT2D eigenvalue weighted by Crippen LogP contribution is -2.41. The average Bonchev–Trinajstić information content (AvgIpc) is 2.87. The van der Waals surface area contributed by atoms with E-state index in [0.717, 1.165) is 29.9 Å². The van der Waals surface area contributed by atoms with Gasteiger partial charge in [0.05, 0.1) is 19.8 Å². The van der Waals surface area contributed by atoms with Gasteiger partial charge in [0.2, 0.25) is 5.91 Å². The van der Waals surface area contributed by atoms with Gasteiger partial charge in [0.15, 0.2) is 0 Å². The highest BCUT2D eigenvalue weighted by atomic mass is 35.5. The molecule has 35 heavy (non-hydrogen) atoms. The van der Waals surface area contributed by atoms with Crippen LogP contribution in [0.4, 0.5) is 17.1 Å². The number of ether oxygens (including phenoxy) is 1. The Morgan fingerprint density at radius 3 is 2.26 bits per heavy atom. The van der Waals surface area contributed by atoms with Crippen molar-refractivity contribution in [1.29, 1.82) is 0 Å². The molecule has 4 rings (SSSR count). The van der Waals surface area contributed by atoms with E-state index in [1.54, 1.807) is 6.07 Å². The summed E-state index contributed by atoms with van der Waals surface area (Å²) in [5.74, 6) is -0.273. The lowest BCUT2D eigenvalue weighted by atomic mass is 10.1. The quantitative estimate of drug-likeness (QED) is 0.424. The molecule has 182 valence electrons. The summed E-state index contributed by atoms with van der Waals surface area (Å²) >= 11 is 6.22. The zero-order valence-corrected chi connectivity index (χ0v) is 20.3. The Labute approximate surface area is 210 Å². The summed E-state index contributed by atoms with van der Waals surface area (Å²) in [6.45, 7) is 5.07. The highest BCUT2D eigenvalue weighted by Gasteiger charge is 2.21. The van der Waals surface area contributed by atoms with Crippen molar-refractivity contribution in [3.05, 3.63) is 88.9 Å². The lowest BCUT2D eigenvalue weighted by molar-refractivity contribution is -0.118. The van der Waals surface area contributed by atoms with E-state index in [4.69, 9.17) is 16.3 Å². The molecule has 1 aliphatic heterocycles. The number of hydrogen-bond donors (Lipinski definition) is 3. The van der Waals surface area contributed by atoms with E-state index in [-0.39, 0.29) is 11.8 Å². The molecule has 1 fully saturated rings. The summed E-state index contributed by atoms with van der Waals surface area (Å²) < 4.78 is 5.32. The molecular weight excluding hydrogens is 464 g/mol. The first-order valence-corrected chi connectivity index (χ1v) is 11.9. The first-order valence-electron chi connectivity index (χ1n) is 11.6. The number of rotatable bonds is 8. The van der Waals surface area contributed by atoms with Gasteiger partial charge in [0, 0.05) is 35.2 Å². The number of halogens is 1. The zero-order valence-electron chi connectivity index (χ0n) is 19.6. The second kappa shape index (κ2) is 11.8.